The number of amides is 1. The van der Waals surface area contributed by atoms with Crippen LogP contribution in [0.2, 0.25) is 0 Å². The van der Waals surface area contributed by atoms with Crippen LogP contribution in [-0.4, -0.2) is 54.5 Å². The summed E-state index contributed by atoms with van der Waals surface area (Å²) in [5, 5.41) is 11.2. The van der Waals surface area contributed by atoms with Gasteiger partial charge < -0.3 is 33.7 Å². The Kier molecular flexibility index (Phi) is 4.65. The van der Waals surface area contributed by atoms with Crippen LogP contribution >= 0.6 is 0 Å². The van der Waals surface area contributed by atoms with Crippen molar-refractivity contribution in [3.05, 3.63) is 53.1 Å². The molecule has 0 aliphatic carbocycles. The molecule has 4 aliphatic rings. The van der Waals surface area contributed by atoms with Crippen molar-refractivity contribution in [3.8, 4) is 23.0 Å². The van der Waals surface area contributed by atoms with Crippen LogP contribution in [0.3, 0.4) is 0 Å². The third kappa shape index (κ3) is 3.27. The van der Waals surface area contributed by atoms with Gasteiger partial charge in [-0.25, -0.2) is 0 Å². The highest BCUT2D eigenvalue weighted by Gasteiger charge is 2.47. The first-order chi connectivity index (χ1) is 16.1. The lowest BCUT2D eigenvalue weighted by Gasteiger charge is -2.27. The third-order valence-electron chi connectivity index (χ3n) is 6.32. The van der Waals surface area contributed by atoms with Crippen LogP contribution in [-0.2, 0) is 14.3 Å². The van der Waals surface area contributed by atoms with E-state index >= 15 is 0 Å². The summed E-state index contributed by atoms with van der Waals surface area (Å²) in [6.45, 7) is 1.07. The molecule has 0 radical (unpaired) electrons. The standard InChI is InChI=1S/C24H21NO8/c26-22(14-4-6-17-19(9-14)33-12-31-17)20-21(13-3-5-16-18(8-13)32-11-30-16)25(24(28)23(20)27)10-15-2-1-7-29-15/h3-6,8-9,15,21,26H,1-2,7,10-12H2/t15-,21-/m1/s1. The highest BCUT2D eigenvalue weighted by molar-refractivity contribution is 6.46. The second-order valence-corrected chi connectivity index (χ2v) is 8.27. The molecule has 2 aromatic carbocycles. The summed E-state index contributed by atoms with van der Waals surface area (Å²) in [5.74, 6) is 0.444. The summed E-state index contributed by atoms with van der Waals surface area (Å²) in [7, 11) is 0. The van der Waals surface area contributed by atoms with E-state index in [0.29, 0.717) is 40.7 Å². The van der Waals surface area contributed by atoms with Crippen molar-refractivity contribution in [3.63, 3.8) is 0 Å². The lowest BCUT2D eigenvalue weighted by Crippen LogP contribution is -2.36. The Bertz CT molecular complexity index is 1180. The van der Waals surface area contributed by atoms with E-state index in [9.17, 15) is 14.7 Å². The number of nitrogens with zero attached hydrogens (tertiary/aromatic N) is 1. The molecule has 2 aromatic rings. The number of hydrogen-bond acceptors (Lipinski definition) is 8. The van der Waals surface area contributed by atoms with Crippen LogP contribution in [0.15, 0.2) is 42.0 Å². The molecule has 2 fully saturated rings. The van der Waals surface area contributed by atoms with Crippen LogP contribution in [0.25, 0.3) is 5.76 Å². The predicted octanol–water partition coefficient (Wildman–Crippen LogP) is 2.74. The lowest BCUT2D eigenvalue weighted by atomic mass is 9.94. The number of aliphatic hydroxyl groups is 1. The summed E-state index contributed by atoms with van der Waals surface area (Å²) in [4.78, 5) is 27.8. The zero-order valence-corrected chi connectivity index (χ0v) is 17.6. The number of rotatable bonds is 4. The molecular formula is C24H21NO8. The fraction of sp³-hybridized carbons (Fsp3) is 0.333. The minimum atomic E-state index is -0.797. The Hall–Kier alpha value is -3.72. The van der Waals surface area contributed by atoms with Crippen molar-refractivity contribution < 1.29 is 38.4 Å². The highest BCUT2D eigenvalue weighted by atomic mass is 16.7. The Morgan fingerprint density at radius 2 is 1.64 bits per heavy atom. The number of ketones is 1. The molecule has 6 rings (SSSR count). The highest BCUT2D eigenvalue weighted by Crippen LogP contribution is 2.44. The van der Waals surface area contributed by atoms with Gasteiger partial charge in [-0.2, -0.15) is 0 Å². The van der Waals surface area contributed by atoms with Crippen molar-refractivity contribution in [2.75, 3.05) is 26.7 Å². The van der Waals surface area contributed by atoms with Gasteiger partial charge in [-0.15, -0.1) is 0 Å². The zero-order valence-electron chi connectivity index (χ0n) is 17.6. The van der Waals surface area contributed by atoms with Crippen LogP contribution in [0.1, 0.15) is 30.0 Å². The molecule has 0 spiro atoms. The molecule has 9 nitrogen and oxygen atoms in total. The Labute approximate surface area is 189 Å². The van der Waals surface area contributed by atoms with E-state index in [0.717, 1.165) is 12.8 Å². The number of likely N-dealkylation sites (tertiary alicyclic amines) is 1. The maximum atomic E-state index is 13.2. The summed E-state index contributed by atoms with van der Waals surface area (Å²) in [5.41, 5.74) is 1.01. The first kappa shape index (κ1) is 19.9. The van der Waals surface area contributed by atoms with Crippen molar-refractivity contribution in [1.29, 1.82) is 0 Å². The summed E-state index contributed by atoms with van der Waals surface area (Å²) >= 11 is 0. The predicted molar refractivity (Wildman–Crippen MR) is 113 cm³/mol. The minimum Gasteiger partial charge on any atom is -0.507 e. The van der Waals surface area contributed by atoms with Gasteiger partial charge in [-0.3, -0.25) is 9.59 Å². The fourth-order valence-electron chi connectivity index (χ4n) is 4.71. The van der Waals surface area contributed by atoms with Crippen molar-refractivity contribution in [2.24, 2.45) is 0 Å². The number of Topliss-reactive ketones (excluding diaryl/α,β-unsaturated/α-hetero) is 1. The number of aliphatic hydroxyl groups excluding tert-OH is 1. The minimum absolute atomic E-state index is 0.00993. The number of fused-ring (bicyclic) bond motifs is 2. The van der Waals surface area contributed by atoms with E-state index in [4.69, 9.17) is 23.7 Å². The van der Waals surface area contributed by atoms with Crippen LogP contribution in [0, 0.1) is 0 Å². The maximum absolute atomic E-state index is 13.2. The quantitative estimate of drug-likeness (QED) is 0.430. The summed E-state index contributed by atoms with van der Waals surface area (Å²) in [6, 6.07) is 9.36. The first-order valence-corrected chi connectivity index (χ1v) is 10.8. The molecule has 2 atom stereocenters. The normalized spacial score (nSPS) is 24.7. The van der Waals surface area contributed by atoms with Crippen molar-refractivity contribution in [2.45, 2.75) is 25.0 Å². The van der Waals surface area contributed by atoms with Gasteiger partial charge in [0.25, 0.3) is 11.7 Å². The smallest absolute Gasteiger partial charge is 0.295 e. The molecule has 33 heavy (non-hydrogen) atoms. The topological polar surface area (TPSA) is 104 Å². The van der Waals surface area contributed by atoms with Gasteiger partial charge in [0.05, 0.1) is 17.7 Å². The summed E-state index contributed by atoms with van der Waals surface area (Å²) in [6.07, 6.45) is 1.55. The molecule has 4 aliphatic heterocycles. The molecule has 0 bridgehead atoms. The Morgan fingerprint density at radius 1 is 0.939 bits per heavy atom. The van der Waals surface area contributed by atoms with Gasteiger partial charge in [0.15, 0.2) is 23.0 Å². The number of benzene rings is 2. The molecule has 0 aromatic heterocycles. The maximum Gasteiger partial charge on any atom is 0.295 e. The lowest BCUT2D eigenvalue weighted by molar-refractivity contribution is -0.140. The molecule has 170 valence electrons. The number of carbonyl (C=O) groups is 2. The van der Waals surface area contributed by atoms with Gasteiger partial charge in [-0.05, 0) is 48.7 Å². The van der Waals surface area contributed by atoms with E-state index in [-0.39, 0.29) is 37.6 Å². The Balaban J connectivity index is 1.46. The first-order valence-electron chi connectivity index (χ1n) is 10.8. The molecule has 0 unspecified atom stereocenters. The average Bonchev–Trinajstić information content (AvgIpc) is 3.62. The van der Waals surface area contributed by atoms with Gasteiger partial charge in [0, 0.05) is 18.7 Å². The van der Waals surface area contributed by atoms with Gasteiger partial charge in [0.1, 0.15) is 5.76 Å². The van der Waals surface area contributed by atoms with E-state index in [1.807, 2.05) is 0 Å². The van der Waals surface area contributed by atoms with E-state index < -0.39 is 17.7 Å². The molecule has 9 heteroatoms. The molecule has 0 saturated carbocycles. The number of hydrogen-bond donors (Lipinski definition) is 1. The third-order valence-corrected chi connectivity index (χ3v) is 6.32. The van der Waals surface area contributed by atoms with E-state index in [1.54, 1.807) is 36.4 Å². The van der Waals surface area contributed by atoms with Crippen molar-refractivity contribution >= 4 is 17.4 Å². The van der Waals surface area contributed by atoms with Crippen LogP contribution in [0.5, 0.6) is 23.0 Å². The van der Waals surface area contributed by atoms with Gasteiger partial charge >= 0.3 is 0 Å². The average molecular weight is 451 g/mol. The number of carbonyl (C=O) groups excluding carboxylic acids is 2. The van der Waals surface area contributed by atoms with E-state index in [2.05, 4.69) is 0 Å². The SMILES string of the molecule is O=C1C(=O)N(C[C@H]2CCCO2)[C@H](c2ccc3c(c2)OCO3)C1=C(O)c1ccc2c(c1)OCO2. The largest absolute Gasteiger partial charge is 0.507 e. The number of ether oxygens (including phenoxy) is 5. The van der Waals surface area contributed by atoms with Crippen LogP contribution < -0.4 is 18.9 Å². The molecule has 4 heterocycles. The monoisotopic (exact) mass is 451 g/mol. The van der Waals surface area contributed by atoms with E-state index in [1.165, 1.54) is 4.90 Å². The molecule has 1 amide bonds. The zero-order chi connectivity index (χ0) is 22.5. The summed E-state index contributed by atoms with van der Waals surface area (Å²) < 4.78 is 27.4. The molecule has 1 N–H and O–H groups in total. The molecular weight excluding hydrogens is 430 g/mol. The Morgan fingerprint density at radius 3 is 2.36 bits per heavy atom. The van der Waals surface area contributed by atoms with Crippen LogP contribution in [0.4, 0.5) is 0 Å². The van der Waals surface area contributed by atoms with Gasteiger partial charge in [-0.1, -0.05) is 6.07 Å². The second-order valence-electron chi connectivity index (χ2n) is 8.27. The molecule has 2 saturated heterocycles. The van der Waals surface area contributed by atoms with Gasteiger partial charge in [0.2, 0.25) is 13.6 Å². The van der Waals surface area contributed by atoms with Crippen molar-refractivity contribution in [1.82, 2.24) is 4.90 Å². The fourth-order valence-corrected chi connectivity index (χ4v) is 4.71. The second kappa shape index (κ2) is 7.70.